The van der Waals surface area contributed by atoms with Crippen LogP contribution >= 0.6 is 0 Å². The van der Waals surface area contributed by atoms with Crippen LogP contribution in [0, 0.1) is 11.8 Å². The van der Waals surface area contributed by atoms with E-state index in [2.05, 4.69) is 0 Å². The molecule has 3 nitrogen and oxygen atoms in total. The molecule has 1 aromatic carbocycles. The van der Waals surface area contributed by atoms with Crippen LogP contribution in [0.2, 0.25) is 0 Å². The lowest BCUT2D eigenvalue weighted by atomic mass is 9.86. The van der Waals surface area contributed by atoms with Crippen molar-refractivity contribution in [2.24, 2.45) is 11.8 Å². The van der Waals surface area contributed by atoms with Crippen LogP contribution in [0.15, 0.2) is 24.3 Å². The monoisotopic (exact) mass is 276 g/mol. The quantitative estimate of drug-likeness (QED) is 0.888. The van der Waals surface area contributed by atoms with Crippen molar-refractivity contribution in [3.8, 4) is 0 Å². The number of carboxylic acids is 1. The summed E-state index contributed by atoms with van der Waals surface area (Å²) in [7, 11) is 0. The normalized spacial score (nSPS) is 15.3. The molecule has 0 saturated heterocycles. The number of carboxylic acid groups (broad SMARTS) is 1. The Hall–Kier alpha value is -1.56. The maximum absolute atomic E-state index is 12.4. The van der Waals surface area contributed by atoms with Crippen molar-refractivity contribution >= 4 is 5.97 Å². The van der Waals surface area contributed by atoms with Crippen LogP contribution in [0.1, 0.15) is 31.1 Å². The van der Waals surface area contributed by atoms with E-state index in [9.17, 15) is 23.1 Å². The first-order valence-electron chi connectivity index (χ1n) is 5.72. The summed E-state index contributed by atoms with van der Waals surface area (Å²) in [6.07, 6.45) is -5.78. The summed E-state index contributed by atoms with van der Waals surface area (Å²) >= 11 is 0. The Morgan fingerprint density at radius 2 is 1.63 bits per heavy atom. The van der Waals surface area contributed by atoms with Crippen molar-refractivity contribution in [3.05, 3.63) is 35.4 Å². The van der Waals surface area contributed by atoms with Gasteiger partial charge in [-0.15, -0.1) is 0 Å². The fraction of sp³-hybridized carbons (Fsp3) is 0.462. The number of carbonyl (C=O) groups is 1. The third-order valence-corrected chi connectivity index (χ3v) is 2.92. The van der Waals surface area contributed by atoms with E-state index in [0.717, 1.165) is 24.3 Å². The number of hydrogen-bond acceptors (Lipinski definition) is 2. The molecular formula is C13H15F3O3. The van der Waals surface area contributed by atoms with Crippen molar-refractivity contribution in [3.63, 3.8) is 0 Å². The number of aliphatic carboxylic acids is 1. The third-order valence-electron chi connectivity index (χ3n) is 2.92. The molecule has 106 valence electrons. The Balaban J connectivity index is 3.00. The third kappa shape index (κ3) is 3.70. The molecule has 0 radical (unpaired) electrons. The van der Waals surface area contributed by atoms with Crippen molar-refractivity contribution in [1.29, 1.82) is 0 Å². The Labute approximate surface area is 108 Å². The van der Waals surface area contributed by atoms with E-state index in [1.807, 2.05) is 0 Å². The molecule has 0 heterocycles. The zero-order chi connectivity index (χ0) is 14.8. The fourth-order valence-electron chi connectivity index (χ4n) is 1.86. The van der Waals surface area contributed by atoms with Gasteiger partial charge in [-0.05, 0) is 23.6 Å². The van der Waals surface area contributed by atoms with Gasteiger partial charge in [0, 0.05) is 0 Å². The van der Waals surface area contributed by atoms with Crippen molar-refractivity contribution in [1.82, 2.24) is 0 Å². The average molecular weight is 276 g/mol. The zero-order valence-corrected chi connectivity index (χ0v) is 10.5. The standard InChI is InChI=1S/C13H15F3O3/c1-7(2)10(12(18)19)11(17)8-3-5-9(6-4-8)13(14,15)16/h3-7,10-11,17H,1-2H3,(H,18,19). The van der Waals surface area contributed by atoms with E-state index in [4.69, 9.17) is 5.11 Å². The van der Waals surface area contributed by atoms with Crippen molar-refractivity contribution < 1.29 is 28.2 Å². The predicted molar refractivity (Wildman–Crippen MR) is 62.4 cm³/mol. The Morgan fingerprint density at radius 1 is 1.16 bits per heavy atom. The highest BCUT2D eigenvalue weighted by Gasteiger charge is 2.33. The van der Waals surface area contributed by atoms with Gasteiger partial charge in [-0.1, -0.05) is 26.0 Å². The van der Waals surface area contributed by atoms with Crippen LogP contribution in [0.5, 0.6) is 0 Å². The van der Waals surface area contributed by atoms with Crippen LogP contribution in [0.3, 0.4) is 0 Å². The molecule has 0 amide bonds. The molecule has 0 spiro atoms. The SMILES string of the molecule is CC(C)C(C(=O)O)C(O)c1ccc(C(F)(F)F)cc1. The Morgan fingerprint density at radius 3 is 1.95 bits per heavy atom. The Kier molecular flexibility index (Phi) is 4.57. The maximum Gasteiger partial charge on any atom is 0.416 e. The predicted octanol–water partition coefficient (Wildman–Crippen LogP) is 3.10. The molecule has 0 fully saturated rings. The van der Waals surface area contributed by atoms with Gasteiger partial charge in [0.1, 0.15) is 0 Å². The van der Waals surface area contributed by atoms with Crippen LogP contribution < -0.4 is 0 Å². The molecule has 0 aliphatic carbocycles. The minimum atomic E-state index is -4.45. The highest BCUT2D eigenvalue weighted by atomic mass is 19.4. The minimum absolute atomic E-state index is 0.161. The number of aliphatic hydroxyl groups is 1. The fourth-order valence-corrected chi connectivity index (χ4v) is 1.86. The highest BCUT2D eigenvalue weighted by Crippen LogP contribution is 2.32. The summed E-state index contributed by atoms with van der Waals surface area (Å²) in [6, 6.07) is 3.87. The Bertz CT molecular complexity index is 437. The topological polar surface area (TPSA) is 57.5 Å². The highest BCUT2D eigenvalue weighted by molar-refractivity contribution is 5.71. The number of halogens is 3. The molecule has 0 aliphatic rings. The molecular weight excluding hydrogens is 261 g/mol. The maximum atomic E-state index is 12.4. The number of hydrogen-bond donors (Lipinski definition) is 2. The molecule has 0 aliphatic heterocycles. The van der Waals surface area contributed by atoms with Gasteiger partial charge < -0.3 is 10.2 Å². The van der Waals surface area contributed by atoms with E-state index in [1.54, 1.807) is 13.8 Å². The minimum Gasteiger partial charge on any atom is -0.481 e. The molecule has 19 heavy (non-hydrogen) atoms. The van der Waals surface area contributed by atoms with Gasteiger partial charge in [0.25, 0.3) is 0 Å². The van der Waals surface area contributed by atoms with Crippen LogP contribution in [-0.2, 0) is 11.0 Å². The van der Waals surface area contributed by atoms with Gasteiger partial charge in [-0.25, -0.2) is 0 Å². The number of aliphatic hydroxyl groups excluding tert-OH is 1. The number of alkyl halides is 3. The van der Waals surface area contributed by atoms with Gasteiger partial charge in [-0.2, -0.15) is 13.2 Å². The van der Waals surface area contributed by atoms with Gasteiger partial charge in [0.2, 0.25) is 0 Å². The van der Waals surface area contributed by atoms with E-state index in [-0.39, 0.29) is 11.5 Å². The molecule has 0 saturated carbocycles. The summed E-state index contributed by atoms with van der Waals surface area (Å²) in [5, 5.41) is 19.0. The van der Waals surface area contributed by atoms with Gasteiger partial charge in [-0.3, -0.25) is 4.79 Å². The lowest BCUT2D eigenvalue weighted by molar-refractivity contribution is -0.148. The van der Waals surface area contributed by atoms with Crippen LogP contribution in [-0.4, -0.2) is 16.2 Å². The van der Waals surface area contributed by atoms with Gasteiger partial charge in [0.05, 0.1) is 17.6 Å². The molecule has 1 rings (SSSR count). The zero-order valence-electron chi connectivity index (χ0n) is 10.5. The first-order valence-corrected chi connectivity index (χ1v) is 5.72. The molecule has 2 N–H and O–H groups in total. The average Bonchev–Trinajstić information content (AvgIpc) is 2.27. The van der Waals surface area contributed by atoms with Crippen molar-refractivity contribution in [2.75, 3.05) is 0 Å². The molecule has 1 aromatic rings. The van der Waals surface area contributed by atoms with E-state index in [0.29, 0.717) is 0 Å². The molecule has 2 atom stereocenters. The smallest absolute Gasteiger partial charge is 0.416 e. The second-order valence-corrected chi connectivity index (χ2v) is 4.67. The van der Waals surface area contributed by atoms with Crippen LogP contribution in [0.4, 0.5) is 13.2 Å². The summed E-state index contributed by atoms with van der Waals surface area (Å²) in [6.45, 7) is 3.26. The molecule has 2 unspecified atom stereocenters. The van der Waals surface area contributed by atoms with E-state index in [1.165, 1.54) is 0 Å². The summed E-state index contributed by atoms with van der Waals surface area (Å²) in [4.78, 5) is 11.0. The van der Waals surface area contributed by atoms with Gasteiger partial charge >= 0.3 is 12.1 Å². The number of rotatable bonds is 4. The van der Waals surface area contributed by atoms with Crippen LogP contribution in [0.25, 0.3) is 0 Å². The lowest BCUT2D eigenvalue weighted by Gasteiger charge is -2.23. The lowest BCUT2D eigenvalue weighted by Crippen LogP contribution is -2.27. The first kappa shape index (κ1) is 15.5. The molecule has 6 heteroatoms. The summed E-state index contributed by atoms with van der Waals surface area (Å²) < 4.78 is 37.1. The van der Waals surface area contributed by atoms with E-state index >= 15 is 0 Å². The first-order chi connectivity index (χ1) is 8.64. The largest absolute Gasteiger partial charge is 0.481 e. The second-order valence-electron chi connectivity index (χ2n) is 4.67. The number of benzene rings is 1. The summed E-state index contributed by atoms with van der Waals surface area (Å²) in [5.74, 6) is -2.58. The van der Waals surface area contributed by atoms with E-state index < -0.39 is 29.7 Å². The summed E-state index contributed by atoms with van der Waals surface area (Å²) in [5.41, 5.74) is -0.672. The molecule has 0 aromatic heterocycles. The molecule has 0 bridgehead atoms. The second kappa shape index (κ2) is 5.61. The van der Waals surface area contributed by atoms with Gasteiger partial charge in [0.15, 0.2) is 0 Å². The van der Waals surface area contributed by atoms with Crippen molar-refractivity contribution in [2.45, 2.75) is 26.1 Å².